The average molecular weight is 273 g/mol. The Kier molecular flexibility index (Phi) is 3.62. The Bertz CT molecular complexity index is 573. The zero-order valence-electron chi connectivity index (χ0n) is 11.4. The fourth-order valence-corrected chi connectivity index (χ4v) is 3.25. The fraction of sp³-hybridized carbons (Fsp3) is 0.467. The van der Waals surface area contributed by atoms with E-state index in [-0.39, 0.29) is 0 Å². The molecule has 0 amide bonds. The van der Waals surface area contributed by atoms with E-state index < -0.39 is 0 Å². The van der Waals surface area contributed by atoms with Crippen LogP contribution in [0.15, 0.2) is 18.3 Å². The number of hydrogen-bond donors (Lipinski definition) is 1. The molecule has 1 saturated carbocycles. The van der Waals surface area contributed by atoms with Gasteiger partial charge in [0.1, 0.15) is 5.01 Å². The lowest BCUT2D eigenvalue weighted by Crippen LogP contribution is -2.11. The summed E-state index contributed by atoms with van der Waals surface area (Å²) < 4.78 is 0. The molecule has 2 aromatic rings. The lowest BCUT2D eigenvalue weighted by atomic mass is 10.2. The van der Waals surface area contributed by atoms with E-state index in [2.05, 4.69) is 30.2 Å². The predicted molar refractivity (Wildman–Crippen MR) is 79.4 cm³/mol. The lowest BCUT2D eigenvalue weighted by Gasteiger charge is -2.00. The minimum atomic E-state index is 0.698. The number of rotatable bonds is 5. The molecule has 0 saturated heterocycles. The molecule has 3 rings (SSSR count). The van der Waals surface area contributed by atoms with E-state index in [0.29, 0.717) is 5.92 Å². The van der Waals surface area contributed by atoms with E-state index in [9.17, 15) is 0 Å². The molecule has 1 aliphatic carbocycles. The lowest BCUT2D eigenvalue weighted by molar-refractivity contribution is 0.727. The Morgan fingerprint density at radius 2 is 2.26 bits per heavy atom. The monoisotopic (exact) mass is 273 g/mol. The number of pyridine rings is 1. The normalized spacial score (nSPS) is 14.8. The Morgan fingerprint density at radius 3 is 2.95 bits per heavy atom. The highest BCUT2D eigenvalue weighted by atomic mass is 32.1. The van der Waals surface area contributed by atoms with Crippen molar-refractivity contribution in [1.29, 1.82) is 0 Å². The minimum Gasteiger partial charge on any atom is -0.312 e. The average Bonchev–Trinajstić information content (AvgIpc) is 3.17. The van der Waals surface area contributed by atoms with Crippen molar-refractivity contribution in [2.45, 2.75) is 39.2 Å². The molecule has 100 valence electrons. The number of aryl methyl sites for hydroxylation is 1. The van der Waals surface area contributed by atoms with Gasteiger partial charge < -0.3 is 5.32 Å². The van der Waals surface area contributed by atoms with Gasteiger partial charge in [0.15, 0.2) is 0 Å². The van der Waals surface area contributed by atoms with E-state index in [4.69, 9.17) is 4.98 Å². The molecule has 1 aliphatic rings. The molecule has 2 aromatic heterocycles. The maximum Gasteiger partial charge on any atom is 0.142 e. The van der Waals surface area contributed by atoms with E-state index in [1.807, 2.05) is 12.3 Å². The van der Waals surface area contributed by atoms with Crippen molar-refractivity contribution in [2.24, 2.45) is 0 Å². The first-order chi connectivity index (χ1) is 9.28. The van der Waals surface area contributed by atoms with Crippen molar-refractivity contribution in [1.82, 2.24) is 15.3 Å². The van der Waals surface area contributed by atoms with Gasteiger partial charge in [-0.05, 0) is 44.0 Å². The standard InChI is InChI=1S/C15H19N3S/c1-3-16-9-13-14(11-4-5-11)18-15(19-13)12-8-10(2)6-7-17-12/h6-8,11,16H,3-5,9H2,1-2H3. The Morgan fingerprint density at radius 1 is 1.42 bits per heavy atom. The van der Waals surface area contributed by atoms with Gasteiger partial charge in [-0.15, -0.1) is 11.3 Å². The number of nitrogens with one attached hydrogen (secondary N) is 1. The zero-order valence-corrected chi connectivity index (χ0v) is 12.3. The van der Waals surface area contributed by atoms with E-state index >= 15 is 0 Å². The van der Waals surface area contributed by atoms with Crippen molar-refractivity contribution < 1.29 is 0 Å². The van der Waals surface area contributed by atoms with Crippen molar-refractivity contribution in [2.75, 3.05) is 6.54 Å². The van der Waals surface area contributed by atoms with E-state index in [1.54, 1.807) is 11.3 Å². The second kappa shape index (κ2) is 5.39. The van der Waals surface area contributed by atoms with Gasteiger partial charge in [0.2, 0.25) is 0 Å². The smallest absolute Gasteiger partial charge is 0.142 e. The van der Waals surface area contributed by atoms with Gasteiger partial charge in [0.05, 0.1) is 11.4 Å². The van der Waals surface area contributed by atoms with Gasteiger partial charge in [0, 0.05) is 23.5 Å². The summed E-state index contributed by atoms with van der Waals surface area (Å²) in [4.78, 5) is 10.7. The molecule has 0 atom stereocenters. The first-order valence-electron chi connectivity index (χ1n) is 6.91. The summed E-state index contributed by atoms with van der Waals surface area (Å²) in [6.45, 7) is 6.17. The van der Waals surface area contributed by atoms with Crippen LogP contribution in [-0.4, -0.2) is 16.5 Å². The molecular formula is C15H19N3S. The molecule has 0 spiro atoms. The summed E-state index contributed by atoms with van der Waals surface area (Å²) >= 11 is 1.79. The van der Waals surface area contributed by atoms with Crippen LogP contribution >= 0.6 is 11.3 Å². The van der Waals surface area contributed by atoms with Crippen molar-refractivity contribution in [3.05, 3.63) is 34.5 Å². The highest BCUT2D eigenvalue weighted by Crippen LogP contribution is 2.44. The molecular weight excluding hydrogens is 254 g/mol. The highest BCUT2D eigenvalue weighted by molar-refractivity contribution is 7.15. The van der Waals surface area contributed by atoms with Crippen molar-refractivity contribution in [3.8, 4) is 10.7 Å². The largest absolute Gasteiger partial charge is 0.312 e. The van der Waals surface area contributed by atoms with Crippen LogP contribution in [-0.2, 0) is 6.54 Å². The van der Waals surface area contributed by atoms with Crippen LogP contribution in [0.3, 0.4) is 0 Å². The summed E-state index contributed by atoms with van der Waals surface area (Å²) in [5.41, 5.74) is 3.56. The van der Waals surface area contributed by atoms with Crippen LogP contribution in [0.4, 0.5) is 0 Å². The second-order valence-corrected chi connectivity index (χ2v) is 6.18. The first-order valence-corrected chi connectivity index (χ1v) is 7.73. The van der Waals surface area contributed by atoms with Gasteiger partial charge in [-0.2, -0.15) is 0 Å². The predicted octanol–water partition coefficient (Wildman–Crippen LogP) is 3.50. The number of aromatic nitrogens is 2. The topological polar surface area (TPSA) is 37.8 Å². The number of nitrogens with zero attached hydrogens (tertiary/aromatic N) is 2. The molecule has 1 fully saturated rings. The second-order valence-electron chi connectivity index (χ2n) is 5.10. The summed E-state index contributed by atoms with van der Waals surface area (Å²) in [5.74, 6) is 0.698. The molecule has 1 N–H and O–H groups in total. The van der Waals surface area contributed by atoms with Crippen LogP contribution in [0.5, 0.6) is 0 Å². The quantitative estimate of drug-likeness (QED) is 0.906. The summed E-state index contributed by atoms with van der Waals surface area (Å²) in [6.07, 6.45) is 4.46. The van der Waals surface area contributed by atoms with Crippen LogP contribution in [0, 0.1) is 6.92 Å². The molecule has 2 heterocycles. The third kappa shape index (κ3) is 2.85. The number of thiazole rings is 1. The highest BCUT2D eigenvalue weighted by Gasteiger charge is 2.29. The third-order valence-electron chi connectivity index (χ3n) is 3.36. The Labute approximate surface area is 118 Å². The van der Waals surface area contributed by atoms with Crippen molar-refractivity contribution >= 4 is 11.3 Å². The van der Waals surface area contributed by atoms with Gasteiger partial charge >= 0.3 is 0 Å². The summed E-state index contributed by atoms with van der Waals surface area (Å²) in [6, 6.07) is 4.14. The van der Waals surface area contributed by atoms with Crippen LogP contribution in [0.2, 0.25) is 0 Å². The molecule has 0 aromatic carbocycles. The number of hydrogen-bond acceptors (Lipinski definition) is 4. The molecule has 0 aliphatic heterocycles. The van der Waals surface area contributed by atoms with Crippen LogP contribution in [0.1, 0.15) is 41.8 Å². The molecule has 0 bridgehead atoms. The summed E-state index contributed by atoms with van der Waals surface area (Å²) in [5, 5.41) is 4.48. The maximum atomic E-state index is 4.85. The van der Waals surface area contributed by atoms with Gasteiger partial charge in [-0.3, -0.25) is 4.98 Å². The van der Waals surface area contributed by atoms with Crippen LogP contribution < -0.4 is 5.32 Å². The van der Waals surface area contributed by atoms with E-state index in [0.717, 1.165) is 23.8 Å². The first kappa shape index (κ1) is 12.8. The minimum absolute atomic E-state index is 0.698. The van der Waals surface area contributed by atoms with Crippen LogP contribution in [0.25, 0.3) is 10.7 Å². The SMILES string of the molecule is CCNCc1sc(-c2cc(C)ccn2)nc1C1CC1. The van der Waals surface area contributed by atoms with E-state index in [1.165, 1.54) is 29.0 Å². The van der Waals surface area contributed by atoms with Gasteiger partial charge in [0.25, 0.3) is 0 Å². The Balaban J connectivity index is 1.93. The molecule has 4 heteroatoms. The maximum absolute atomic E-state index is 4.85. The van der Waals surface area contributed by atoms with Crippen molar-refractivity contribution in [3.63, 3.8) is 0 Å². The Hall–Kier alpha value is -1.26. The molecule has 19 heavy (non-hydrogen) atoms. The zero-order chi connectivity index (χ0) is 13.2. The third-order valence-corrected chi connectivity index (χ3v) is 4.46. The molecule has 3 nitrogen and oxygen atoms in total. The molecule has 0 radical (unpaired) electrons. The summed E-state index contributed by atoms with van der Waals surface area (Å²) in [7, 11) is 0. The van der Waals surface area contributed by atoms with Gasteiger partial charge in [-0.1, -0.05) is 6.92 Å². The molecule has 0 unspecified atom stereocenters. The fourth-order valence-electron chi connectivity index (χ4n) is 2.17. The van der Waals surface area contributed by atoms with Gasteiger partial charge in [-0.25, -0.2) is 4.98 Å².